The van der Waals surface area contributed by atoms with Gasteiger partial charge in [-0.05, 0) is 24.5 Å². The highest BCUT2D eigenvalue weighted by molar-refractivity contribution is 7.98. The maximum absolute atomic E-state index is 11.7. The highest BCUT2D eigenvalue weighted by Crippen LogP contribution is 2.27. The first-order valence-corrected chi connectivity index (χ1v) is 12.8. The number of methoxy groups -OCH3 is 1. The van der Waals surface area contributed by atoms with Gasteiger partial charge in [-0.3, -0.25) is 0 Å². The summed E-state index contributed by atoms with van der Waals surface area (Å²) in [4.78, 5) is 12.8. The summed E-state index contributed by atoms with van der Waals surface area (Å²) >= 11 is 1.42. The molecule has 3 N–H and O–H groups in total. The molecule has 0 aliphatic carbocycles. The quantitative estimate of drug-likeness (QED) is 0.456. The van der Waals surface area contributed by atoms with Crippen molar-refractivity contribution in [2.24, 2.45) is 13.0 Å². The molecule has 2 aromatic heterocycles. The largest absolute Gasteiger partial charge is 0.495 e. The summed E-state index contributed by atoms with van der Waals surface area (Å²) in [5, 5.41) is 12.3. The fourth-order valence-corrected chi connectivity index (χ4v) is 6.14. The molecule has 1 atom stereocenters. The van der Waals surface area contributed by atoms with Crippen LogP contribution in [0.5, 0.6) is 5.75 Å². The molecule has 170 valence electrons. The molecular weight excluding hydrogens is 452 g/mol. The summed E-state index contributed by atoms with van der Waals surface area (Å²) in [7, 11) is 0.547. The Morgan fingerprint density at radius 2 is 2.06 bits per heavy atom. The number of nitrogens with one attached hydrogen (secondary N) is 1. The summed E-state index contributed by atoms with van der Waals surface area (Å²) in [6.07, 6.45) is 1.26. The number of sulfone groups is 1. The van der Waals surface area contributed by atoms with Gasteiger partial charge in [0.25, 0.3) is 0 Å². The summed E-state index contributed by atoms with van der Waals surface area (Å²) < 4.78 is 30.6. The molecule has 0 bridgehead atoms. The minimum atomic E-state index is -2.91. The molecular formula is C19H24N8O3S2. The van der Waals surface area contributed by atoms with Crippen molar-refractivity contribution in [3.05, 3.63) is 35.9 Å². The van der Waals surface area contributed by atoms with Gasteiger partial charge in [0.05, 0.1) is 30.1 Å². The molecule has 1 aromatic carbocycles. The van der Waals surface area contributed by atoms with Crippen LogP contribution in [0.4, 0.5) is 17.6 Å². The molecule has 13 heteroatoms. The highest BCUT2D eigenvalue weighted by Gasteiger charge is 2.29. The summed E-state index contributed by atoms with van der Waals surface area (Å²) in [6, 6.07) is 7.42. The van der Waals surface area contributed by atoms with Gasteiger partial charge in [-0.15, -0.1) is 10.2 Å². The van der Waals surface area contributed by atoms with Crippen LogP contribution >= 0.6 is 11.8 Å². The third kappa shape index (κ3) is 5.27. The predicted molar refractivity (Wildman–Crippen MR) is 122 cm³/mol. The van der Waals surface area contributed by atoms with Crippen molar-refractivity contribution in [3.63, 3.8) is 0 Å². The monoisotopic (exact) mass is 476 g/mol. The van der Waals surface area contributed by atoms with Crippen molar-refractivity contribution in [1.29, 1.82) is 0 Å². The Morgan fingerprint density at radius 3 is 2.81 bits per heavy atom. The third-order valence-corrected chi connectivity index (χ3v) is 7.96. The van der Waals surface area contributed by atoms with Crippen molar-refractivity contribution in [3.8, 4) is 5.75 Å². The van der Waals surface area contributed by atoms with Crippen molar-refractivity contribution < 1.29 is 13.2 Å². The van der Waals surface area contributed by atoms with E-state index in [0.29, 0.717) is 47.0 Å². The molecule has 3 heterocycles. The molecule has 1 fully saturated rings. The first-order valence-electron chi connectivity index (χ1n) is 9.95. The zero-order chi connectivity index (χ0) is 22.7. The van der Waals surface area contributed by atoms with Crippen LogP contribution in [0.25, 0.3) is 0 Å². The lowest BCUT2D eigenvalue weighted by Gasteiger charge is -2.10. The van der Waals surface area contributed by atoms with E-state index in [1.807, 2.05) is 35.9 Å². The fourth-order valence-electron chi connectivity index (χ4n) is 3.50. The summed E-state index contributed by atoms with van der Waals surface area (Å²) in [5.41, 5.74) is 6.59. The van der Waals surface area contributed by atoms with E-state index in [1.165, 1.54) is 11.8 Å². The number of hydrogen-bond donors (Lipinski definition) is 2. The number of hydrogen-bond acceptors (Lipinski definition) is 11. The second-order valence-corrected chi connectivity index (χ2v) is 10.6. The molecule has 1 aliphatic heterocycles. The standard InChI is InChI=1S/C19H24N8O3S2/c1-27-16(9-12-7-8-32(28,29)11-12)25-26-19(27)31-10-15-22-17(20)24-18(23-15)21-13-5-3-4-6-14(13)30-2/h3-6,12H,7-11H2,1-2H3,(H3,20,21,22,23,24). The zero-order valence-electron chi connectivity index (χ0n) is 17.7. The lowest BCUT2D eigenvalue weighted by atomic mass is 10.1. The number of benzene rings is 1. The number of nitrogen functional groups attached to an aromatic ring is 1. The lowest BCUT2D eigenvalue weighted by molar-refractivity contribution is 0.417. The Bertz CT molecular complexity index is 1220. The van der Waals surface area contributed by atoms with Crippen LogP contribution in [-0.2, 0) is 29.1 Å². The van der Waals surface area contributed by atoms with Crippen molar-refractivity contribution in [2.75, 3.05) is 29.7 Å². The maximum Gasteiger partial charge on any atom is 0.232 e. The number of aromatic nitrogens is 6. The van der Waals surface area contributed by atoms with Gasteiger partial charge < -0.3 is 20.4 Å². The minimum Gasteiger partial charge on any atom is -0.495 e. The first kappa shape index (κ1) is 22.3. The molecule has 0 saturated carbocycles. The molecule has 1 unspecified atom stereocenters. The van der Waals surface area contributed by atoms with Crippen LogP contribution in [0, 0.1) is 5.92 Å². The normalized spacial score (nSPS) is 17.4. The van der Waals surface area contributed by atoms with Gasteiger partial charge in [0.2, 0.25) is 11.9 Å². The van der Waals surface area contributed by atoms with Crippen LogP contribution < -0.4 is 15.8 Å². The predicted octanol–water partition coefficient (Wildman–Crippen LogP) is 1.60. The van der Waals surface area contributed by atoms with Crippen LogP contribution in [0.3, 0.4) is 0 Å². The third-order valence-electron chi connectivity index (χ3n) is 5.11. The minimum absolute atomic E-state index is 0.0905. The van der Waals surface area contributed by atoms with Crippen molar-refractivity contribution >= 4 is 39.2 Å². The molecule has 4 rings (SSSR count). The molecule has 32 heavy (non-hydrogen) atoms. The molecule has 1 saturated heterocycles. The molecule has 3 aromatic rings. The smallest absolute Gasteiger partial charge is 0.232 e. The van der Waals surface area contributed by atoms with Crippen LogP contribution in [0.15, 0.2) is 29.4 Å². The van der Waals surface area contributed by atoms with Crippen molar-refractivity contribution in [2.45, 2.75) is 23.8 Å². The average Bonchev–Trinajstić information content (AvgIpc) is 3.28. The Labute approximate surface area is 190 Å². The number of para-hydroxylation sites is 2. The van der Waals surface area contributed by atoms with Crippen LogP contribution in [-0.4, -0.2) is 56.7 Å². The number of rotatable bonds is 8. The number of thioether (sulfide) groups is 1. The lowest BCUT2D eigenvalue weighted by Crippen LogP contribution is -2.11. The Morgan fingerprint density at radius 1 is 1.25 bits per heavy atom. The fraction of sp³-hybridized carbons (Fsp3) is 0.421. The number of ether oxygens (including phenoxy) is 1. The zero-order valence-corrected chi connectivity index (χ0v) is 19.4. The van der Waals surface area contributed by atoms with Gasteiger partial charge in [0.1, 0.15) is 17.4 Å². The number of nitrogens with zero attached hydrogens (tertiary/aromatic N) is 6. The second kappa shape index (κ2) is 9.28. The van der Waals surface area contributed by atoms with E-state index >= 15 is 0 Å². The Balaban J connectivity index is 1.42. The van der Waals surface area contributed by atoms with Gasteiger partial charge in [-0.25, -0.2) is 8.42 Å². The Hall–Kier alpha value is -2.93. The van der Waals surface area contributed by atoms with E-state index in [9.17, 15) is 8.42 Å². The van der Waals surface area contributed by atoms with E-state index in [4.69, 9.17) is 10.5 Å². The summed E-state index contributed by atoms with van der Waals surface area (Å²) in [5.74, 6) is 3.31. The van der Waals surface area contributed by atoms with E-state index in [0.717, 1.165) is 5.82 Å². The molecule has 0 radical (unpaired) electrons. The van der Waals surface area contributed by atoms with E-state index in [-0.39, 0.29) is 23.4 Å². The van der Waals surface area contributed by atoms with Gasteiger partial charge >= 0.3 is 0 Å². The molecule has 0 amide bonds. The van der Waals surface area contributed by atoms with E-state index in [2.05, 4.69) is 30.5 Å². The van der Waals surface area contributed by atoms with Crippen LogP contribution in [0.2, 0.25) is 0 Å². The molecule has 0 spiro atoms. The number of anilines is 3. The maximum atomic E-state index is 11.7. The van der Waals surface area contributed by atoms with Gasteiger partial charge in [-0.1, -0.05) is 23.9 Å². The van der Waals surface area contributed by atoms with Gasteiger partial charge in [0, 0.05) is 13.5 Å². The SMILES string of the molecule is COc1ccccc1Nc1nc(N)nc(CSc2nnc(CC3CCS(=O)(=O)C3)n2C)n1. The second-order valence-electron chi connectivity index (χ2n) is 7.48. The Kier molecular flexibility index (Phi) is 6.46. The highest BCUT2D eigenvalue weighted by atomic mass is 32.2. The molecule has 11 nitrogen and oxygen atoms in total. The molecule has 1 aliphatic rings. The van der Waals surface area contributed by atoms with Gasteiger partial charge in [-0.2, -0.15) is 15.0 Å². The van der Waals surface area contributed by atoms with Crippen LogP contribution in [0.1, 0.15) is 18.1 Å². The van der Waals surface area contributed by atoms with Gasteiger partial charge in [0.15, 0.2) is 15.0 Å². The number of nitrogens with two attached hydrogens (primary N) is 1. The van der Waals surface area contributed by atoms with E-state index in [1.54, 1.807) is 7.11 Å². The van der Waals surface area contributed by atoms with Crippen molar-refractivity contribution in [1.82, 2.24) is 29.7 Å². The average molecular weight is 477 g/mol. The summed E-state index contributed by atoms with van der Waals surface area (Å²) in [6.45, 7) is 0. The first-order chi connectivity index (χ1) is 15.3. The van der Waals surface area contributed by atoms with E-state index < -0.39 is 9.84 Å². The topological polar surface area (TPSA) is 151 Å².